The fraction of sp³-hybridized carbons (Fsp3) is 0.0161. The van der Waals surface area contributed by atoms with Crippen LogP contribution in [0.2, 0.25) is 0 Å². The molecule has 0 bridgehead atoms. The first-order valence-electron chi connectivity index (χ1n) is 21.9. The molecule has 306 valence electrons. The third-order valence-electron chi connectivity index (χ3n) is 12.8. The van der Waals surface area contributed by atoms with Gasteiger partial charge in [-0.15, -0.1) is 0 Å². The highest BCUT2D eigenvalue weighted by Crippen LogP contribution is 2.60. The van der Waals surface area contributed by atoms with Gasteiger partial charge in [-0.3, -0.25) is 0 Å². The molecule has 0 amide bonds. The lowest BCUT2D eigenvalue weighted by Gasteiger charge is -2.36. The van der Waals surface area contributed by atoms with Gasteiger partial charge in [0.2, 0.25) is 0 Å². The second-order valence-corrected chi connectivity index (χ2v) is 16.5. The number of hydrogen-bond acceptors (Lipinski definition) is 2. The molecule has 2 nitrogen and oxygen atoms in total. The predicted molar refractivity (Wildman–Crippen MR) is 265 cm³/mol. The fourth-order valence-electron chi connectivity index (χ4n) is 9.93. The van der Waals surface area contributed by atoms with Crippen LogP contribution in [0.15, 0.2) is 249 Å². The number of fused-ring (bicyclic) bond motifs is 3. The van der Waals surface area contributed by atoms with Gasteiger partial charge in [-0.2, -0.15) is 5.26 Å². The van der Waals surface area contributed by atoms with Gasteiger partial charge in [0.25, 0.3) is 0 Å². The van der Waals surface area contributed by atoms with Crippen molar-refractivity contribution in [3.63, 3.8) is 0 Å². The Morgan fingerprint density at radius 1 is 0.354 bits per heavy atom. The molecule has 0 fully saturated rings. The van der Waals surface area contributed by atoms with Gasteiger partial charge in [0, 0.05) is 17.1 Å². The van der Waals surface area contributed by atoms with E-state index in [1.54, 1.807) is 12.1 Å². The lowest BCUT2D eigenvalue weighted by molar-refractivity contribution is 0.628. The molecule has 0 N–H and O–H groups in total. The van der Waals surface area contributed by atoms with Crippen molar-refractivity contribution in [2.75, 3.05) is 4.90 Å². The Morgan fingerprint density at radius 3 is 1.38 bits per heavy atom. The summed E-state index contributed by atoms with van der Waals surface area (Å²) in [7, 11) is 0. The van der Waals surface area contributed by atoms with Crippen molar-refractivity contribution in [2.45, 2.75) is 5.41 Å². The summed E-state index contributed by atoms with van der Waals surface area (Å²) in [5.74, 6) is -0.277. The fourth-order valence-corrected chi connectivity index (χ4v) is 9.93. The maximum Gasteiger partial charge on any atom is 0.123 e. The molecular formula is C62H41FN2. The van der Waals surface area contributed by atoms with Crippen molar-refractivity contribution in [1.82, 2.24) is 0 Å². The molecule has 0 saturated heterocycles. The maximum atomic E-state index is 14.9. The Balaban J connectivity index is 1.22. The number of nitriles is 1. The minimum Gasteiger partial charge on any atom is -0.310 e. The van der Waals surface area contributed by atoms with Crippen LogP contribution in [0.3, 0.4) is 0 Å². The van der Waals surface area contributed by atoms with E-state index in [1.165, 1.54) is 0 Å². The first kappa shape index (κ1) is 39.3. The molecule has 0 atom stereocenters. The molecule has 65 heavy (non-hydrogen) atoms. The molecule has 10 aromatic carbocycles. The highest BCUT2D eigenvalue weighted by molar-refractivity contribution is 5.98. The Hall–Kier alpha value is -8.58. The molecule has 0 saturated carbocycles. The number of nitrogens with zero attached hydrogens (tertiary/aromatic N) is 2. The normalized spacial score (nSPS) is 12.2. The van der Waals surface area contributed by atoms with Crippen LogP contribution in [0.5, 0.6) is 0 Å². The molecule has 0 spiro atoms. The Bertz CT molecular complexity index is 3300. The molecule has 3 heteroatoms. The van der Waals surface area contributed by atoms with Crippen molar-refractivity contribution < 1.29 is 4.39 Å². The lowest BCUT2D eigenvalue weighted by atomic mass is 9.66. The van der Waals surface area contributed by atoms with E-state index in [0.29, 0.717) is 5.56 Å². The molecule has 0 unspecified atom stereocenters. The van der Waals surface area contributed by atoms with Crippen molar-refractivity contribution in [1.29, 1.82) is 5.26 Å². The summed E-state index contributed by atoms with van der Waals surface area (Å²) in [5, 5.41) is 9.81. The molecule has 11 rings (SSSR count). The van der Waals surface area contributed by atoms with Crippen LogP contribution >= 0.6 is 0 Å². The standard InChI is InChI=1S/C62H41FN2/c63-51-31-27-47(28-32-51)58-39-48(56-24-14-13-23-55(56)46-17-7-2-8-18-46)40-59-57-38-37-54(41-60(57)62(61(58)59,49-19-9-3-10-20-49)50-21-11-4-12-22-50)65(52-33-25-43(42-64)26-34-52)53-35-29-45(30-36-53)44-15-5-1-6-16-44/h1-41H. The summed E-state index contributed by atoms with van der Waals surface area (Å²) in [6.07, 6.45) is 0. The van der Waals surface area contributed by atoms with E-state index in [9.17, 15) is 9.65 Å². The summed E-state index contributed by atoms with van der Waals surface area (Å²) in [6.45, 7) is 0. The Kier molecular flexibility index (Phi) is 10.0. The van der Waals surface area contributed by atoms with E-state index in [2.05, 4.69) is 199 Å². The third kappa shape index (κ3) is 6.90. The van der Waals surface area contributed by atoms with Crippen molar-refractivity contribution in [2.24, 2.45) is 0 Å². The molecule has 1 aliphatic carbocycles. The zero-order chi connectivity index (χ0) is 43.7. The zero-order valence-electron chi connectivity index (χ0n) is 35.4. The number of halogens is 1. The van der Waals surface area contributed by atoms with Crippen molar-refractivity contribution in [3.05, 3.63) is 282 Å². The van der Waals surface area contributed by atoms with E-state index < -0.39 is 5.41 Å². The van der Waals surface area contributed by atoms with Crippen LogP contribution in [0.4, 0.5) is 21.5 Å². The topological polar surface area (TPSA) is 27.0 Å². The van der Waals surface area contributed by atoms with E-state index in [-0.39, 0.29) is 5.82 Å². The molecule has 10 aromatic rings. The van der Waals surface area contributed by atoms with Gasteiger partial charge >= 0.3 is 0 Å². The maximum absolute atomic E-state index is 14.9. The van der Waals surface area contributed by atoms with Gasteiger partial charge in [0.1, 0.15) is 5.82 Å². The Morgan fingerprint density at radius 2 is 0.800 bits per heavy atom. The van der Waals surface area contributed by atoms with Gasteiger partial charge in [-0.25, -0.2) is 4.39 Å². The van der Waals surface area contributed by atoms with Gasteiger partial charge in [0.15, 0.2) is 0 Å². The summed E-state index contributed by atoms with van der Waals surface area (Å²) in [4.78, 5) is 2.28. The average molecular weight is 833 g/mol. The van der Waals surface area contributed by atoms with Crippen molar-refractivity contribution >= 4 is 17.1 Å². The first-order valence-corrected chi connectivity index (χ1v) is 21.9. The van der Waals surface area contributed by atoms with Gasteiger partial charge < -0.3 is 4.90 Å². The van der Waals surface area contributed by atoms with Crippen LogP contribution in [0.25, 0.3) is 55.6 Å². The van der Waals surface area contributed by atoms with E-state index in [4.69, 9.17) is 0 Å². The van der Waals surface area contributed by atoms with Gasteiger partial charge in [-0.1, -0.05) is 176 Å². The summed E-state index contributed by atoms with van der Waals surface area (Å²) in [5.41, 5.74) is 18.2. The van der Waals surface area contributed by atoms with Crippen LogP contribution in [-0.4, -0.2) is 0 Å². The quantitative estimate of drug-likeness (QED) is 0.145. The number of anilines is 3. The van der Waals surface area contributed by atoms with Crippen molar-refractivity contribution in [3.8, 4) is 61.7 Å². The Labute approximate surface area is 379 Å². The number of benzene rings is 10. The van der Waals surface area contributed by atoms with Gasteiger partial charge in [0.05, 0.1) is 17.0 Å². The molecular weight excluding hydrogens is 792 g/mol. The molecule has 0 radical (unpaired) electrons. The third-order valence-corrected chi connectivity index (χ3v) is 12.8. The minimum absolute atomic E-state index is 0.277. The minimum atomic E-state index is -0.794. The van der Waals surface area contributed by atoms with Crippen LogP contribution in [-0.2, 0) is 5.41 Å². The average Bonchev–Trinajstić information content (AvgIpc) is 3.68. The largest absolute Gasteiger partial charge is 0.310 e. The molecule has 0 aliphatic heterocycles. The van der Waals surface area contributed by atoms with E-state index in [0.717, 1.165) is 95.0 Å². The molecule has 1 aliphatic rings. The summed E-state index contributed by atoms with van der Waals surface area (Å²) >= 11 is 0. The summed E-state index contributed by atoms with van der Waals surface area (Å²) < 4.78 is 14.9. The predicted octanol–water partition coefficient (Wildman–Crippen LogP) is 16.2. The lowest BCUT2D eigenvalue weighted by Crippen LogP contribution is -2.29. The number of rotatable bonds is 9. The van der Waals surface area contributed by atoms with Gasteiger partial charge in [-0.05, 0) is 151 Å². The second-order valence-electron chi connectivity index (χ2n) is 16.5. The smallest absolute Gasteiger partial charge is 0.123 e. The zero-order valence-corrected chi connectivity index (χ0v) is 35.4. The number of hydrogen-bond donors (Lipinski definition) is 0. The first-order chi connectivity index (χ1) is 32.1. The van der Waals surface area contributed by atoms with Crippen LogP contribution < -0.4 is 4.90 Å². The summed E-state index contributed by atoms with van der Waals surface area (Å²) in [6, 6.07) is 88.5. The van der Waals surface area contributed by atoms with Crippen LogP contribution in [0.1, 0.15) is 27.8 Å². The van der Waals surface area contributed by atoms with E-state index >= 15 is 0 Å². The second kappa shape index (κ2) is 16.6. The van der Waals surface area contributed by atoms with Crippen LogP contribution in [0, 0.1) is 17.1 Å². The SMILES string of the molecule is N#Cc1ccc(N(c2ccc(-c3ccccc3)cc2)c2ccc3c(c2)C(c2ccccc2)(c2ccccc2)c2c(-c4ccc(F)cc4)cc(-c4ccccc4-c4ccccc4)cc2-3)cc1. The molecule has 0 aromatic heterocycles. The highest BCUT2D eigenvalue weighted by atomic mass is 19.1. The highest BCUT2D eigenvalue weighted by Gasteiger charge is 2.48. The molecule has 0 heterocycles. The van der Waals surface area contributed by atoms with E-state index in [1.807, 2.05) is 48.5 Å². The monoisotopic (exact) mass is 832 g/mol.